The molecule has 0 aromatic heterocycles. The second-order valence-electron chi connectivity index (χ2n) is 9.51. The summed E-state index contributed by atoms with van der Waals surface area (Å²) in [6.07, 6.45) is -0.0306. The van der Waals surface area contributed by atoms with Gasteiger partial charge < -0.3 is 15.1 Å². The normalized spacial score (nSPS) is 21.2. The van der Waals surface area contributed by atoms with E-state index in [4.69, 9.17) is 23.2 Å². The van der Waals surface area contributed by atoms with Crippen molar-refractivity contribution in [2.45, 2.75) is 45.6 Å². The number of fused-ring (bicyclic) bond motifs is 1. The van der Waals surface area contributed by atoms with Gasteiger partial charge in [-0.05, 0) is 41.3 Å². The Bertz CT molecular complexity index is 1180. The zero-order valence-electron chi connectivity index (χ0n) is 21.0. The Morgan fingerprint density at radius 3 is 2.51 bits per heavy atom. The van der Waals surface area contributed by atoms with E-state index in [0.717, 1.165) is 11.1 Å². The van der Waals surface area contributed by atoms with Gasteiger partial charge in [-0.25, -0.2) is 19.2 Å². The average molecular weight is 550 g/mol. The van der Waals surface area contributed by atoms with E-state index in [1.165, 1.54) is 17.1 Å². The Kier molecular flexibility index (Phi) is 8.26. The van der Waals surface area contributed by atoms with Crippen LogP contribution in [0.25, 0.3) is 0 Å². The lowest BCUT2D eigenvalue weighted by atomic mass is 9.92. The number of rotatable bonds is 6. The second-order valence-corrected chi connectivity index (χ2v) is 10.4. The number of hydrogen-bond donors (Lipinski definition) is 1. The monoisotopic (exact) mass is 549 g/mol. The van der Waals surface area contributed by atoms with E-state index in [9.17, 15) is 18.8 Å². The molecule has 1 N–H and O–H groups in total. The molecule has 0 saturated carbocycles. The molecular weight excluding hydrogens is 520 g/mol. The van der Waals surface area contributed by atoms with E-state index in [1.54, 1.807) is 52.2 Å². The van der Waals surface area contributed by atoms with Gasteiger partial charge >= 0.3 is 6.03 Å². The van der Waals surface area contributed by atoms with Gasteiger partial charge in [-0.3, -0.25) is 9.59 Å². The number of likely N-dealkylation sites (N-methyl/N-ethyl adjacent to an activating group) is 1. The van der Waals surface area contributed by atoms with Gasteiger partial charge in [-0.2, -0.15) is 0 Å². The first-order chi connectivity index (χ1) is 17.6. The molecule has 0 radical (unpaired) electrons. The van der Waals surface area contributed by atoms with Crippen molar-refractivity contribution in [1.29, 1.82) is 0 Å². The standard InChI is InChI=1S/C26H30Cl2FN5O3/c1-4-16(2)24-25(36)32(13-18-7-8-19(27)11-21(18)28)14-22-33(24)23(35)15-31(3)34(22)26(37)30-12-17-5-9-20(29)10-6-17/h5-11,16,22,24H,4,12-15H2,1-3H3,(H,30,37)/t16?,22-,24-/m0/s1. The van der Waals surface area contributed by atoms with Gasteiger partial charge in [0.15, 0.2) is 0 Å². The molecule has 4 rings (SSSR count). The minimum absolute atomic E-state index is 0.0380. The molecule has 0 spiro atoms. The maximum atomic E-state index is 13.7. The first-order valence-electron chi connectivity index (χ1n) is 12.2. The third-order valence-corrected chi connectivity index (χ3v) is 7.58. The molecule has 2 aliphatic heterocycles. The van der Waals surface area contributed by atoms with Crippen molar-refractivity contribution in [3.8, 4) is 0 Å². The average Bonchev–Trinajstić information content (AvgIpc) is 2.85. The topological polar surface area (TPSA) is 76.2 Å². The van der Waals surface area contributed by atoms with E-state index in [0.29, 0.717) is 16.5 Å². The Balaban J connectivity index is 1.63. The van der Waals surface area contributed by atoms with Crippen LogP contribution in [0.2, 0.25) is 10.0 Å². The summed E-state index contributed by atoms with van der Waals surface area (Å²) in [6, 6.07) is 9.83. The summed E-state index contributed by atoms with van der Waals surface area (Å²) in [5, 5.41) is 6.85. The molecule has 0 bridgehead atoms. The summed E-state index contributed by atoms with van der Waals surface area (Å²) in [5.41, 5.74) is 1.45. The molecular formula is C26H30Cl2FN5O3. The number of urea groups is 1. The molecule has 37 heavy (non-hydrogen) atoms. The Labute approximate surface area is 225 Å². The highest BCUT2D eigenvalue weighted by Gasteiger charge is 2.51. The van der Waals surface area contributed by atoms with Crippen LogP contribution in [0.5, 0.6) is 0 Å². The highest BCUT2D eigenvalue weighted by Crippen LogP contribution is 2.32. The zero-order valence-corrected chi connectivity index (χ0v) is 22.5. The fourth-order valence-corrected chi connectivity index (χ4v) is 5.32. The number of nitrogens with one attached hydrogen (secondary N) is 1. The van der Waals surface area contributed by atoms with Crippen molar-refractivity contribution in [1.82, 2.24) is 25.1 Å². The minimum Gasteiger partial charge on any atom is -0.333 e. The Morgan fingerprint density at radius 2 is 1.86 bits per heavy atom. The van der Waals surface area contributed by atoms with Gasteiger partial charge in [-0.15, -0.1) is 0 Å². The number of amides is 4. The predicted molar refractivity (Wildman–Crippen MR) is 139 cm³/mol. The lowest BCUT2D eigenvalue weighted by Crippen LogP contribution is -2.76. The van der Waals surface area contributed by atoms with E-state index < -0.39 is 18.2 Å². The van der Waals surface area contributed by atoms with Crippen molar-refractivity contribution in [3.63, 3.8) is 0 Å². The molecule has 2 aromatic rings. The number of hydrazine groups is 1. The van der Waals surface area contributed by atoms with Crippen LogP contribution in [-0.2, 0) is 22.7 Å². The largest absolute Gasteiger partial charge is 0.334 e. The van der Waals surface area contributed by atoms with Crippen molar-refractivity contribution in [3.05, 3.63) is 69.5 Å². The summed E-state index contributed by atoms with van der Waals surface area (Å²) >= 11 is 12.4. The fraction of sp³-hybridized carbons (Fsp3) is 0.423. The highest BCUT2D eigenvalue weighted by atomic mass is 35.5. The number of carbonyl (C=O) groups is 3. The molecule has 11 heteroatoms. The molecule has 198 valence electrons. The maximum Gasteiger partial charge on any atom is 0.334 e. The molecule has 2 aromatic carbocycles. The molecule has 4 amide bonds. The highest BCUT2D eigenvalue weighted by molar-refractivity contribution is 6.35. The van der Waals surface area contributed by atoms with Crippen molar-refractivity contribution < 1.29 is 18.8 Å². The molecule has 3 atom stereocenters. The molecule has 8 nitrogen and oxygen atoms in total. The van der Waals surface area contributed by atoms with Crippen LogP contribution in [0.4, 0.5) is 9.18 Å². The SMILES string of the molecule is CCC(C)[C@H]1C(=O)N(Cc2ccc(Cl)cc2Cl)C[C@H]2N1C(=O)CN(C)N2C(=O)NCc1ccc(F)cc1. The third-order valence-electron chi connectivity index (χ3n) is 7.00. The number of nitrogens with zero attached hydrogens (tertiary/aromatic N) is 4. The number of benzene rings is 2. The number of halogens is 3. The molecule has 2 heterocycles. The third kappa shape index (κ3) is 5.68. The number of hydrogen-bond acceptors (Lipinski definition) is 4. The zero-order chi connectivity index (χ0) is 26.9. The van der Waals surface area contributed by atoms with Gasteiger partial charge in [0.2, 0.25) is 11.8 Å². The van der Waals surface area contributed by atoms with Gasteiger partial charge in [0, 0.05) is 30.2 Å². The molecule has 2 aliphatic rings. The van der Waals surface area contributed by atoms with Crippen LogP contribution in [0, 0.1) is 11.7 Å². The quantitative estimate of drug-likeness (QED) is 0.588. The van der Waals surface area contributed by atoms with Gasteiger partial charge in [0.05, 0.1) is 13.1 Å². The second kappa shape index (κ2) is 11.2. The van der Waals surface area contributed by atoms with Crippen molar-refractivity contribution in [2.24, 2.45) is 5.92 Å². The smallest absolute Gasteiger partial charge is 0.333 e. The van der Waals surface area contributed by atoms with Gasteiger partial charge in [-0.1, -0.05) is 61.7 Å². The first-order valence-corrected chi connectivity index (χ1v) is 12.9. The molecule has 2 fully saturated rings. The lowest BCUT2D eigenvalue weighted by Gasteiger charge is -2.55. The van der Waals surface area contributed by atoms with Crippen LogP contribution in [-0.4, -0.2) is 70.0 Å². The van der Waals surface area contributed by atoms with E-state index in [1.807, 2.05) is 13.8 Å². The minimum atomic E-state index is -0.719. The molecule has 0 aliphatic carbocycles. The van der Waals surface area contributed by atoms with Crippen LogP contribution in [0.1, 0.15) is 31.4 Å². The fourth-order valence-electron chi connectivity index (χ4n) is 4.85. The summed E-state index contributed by atoms with van der Waals surface area (Å²) in [5.74, 6) is -0.877. The van der Waals surface area contributed by atoms with Crippen molar-refractivity contribution in [2.75, 3.05) is 20.1 Å². The lowest BCUT2D eigenvalue weighted by molar-refractivity contribution is -0.190. The van der Waals surface area contributed by atoms with E-state index in [2.05, 4.69) is 5.32 Å². The summed E-state index contributed by atoms with van der Waals surface area (Å²) < 4.78 is 13.3. The Hall–Kier alpha value is -2.88. The van der Waals surface area contributed by atoms with Crippen LogP contribution < -0.4 is 5.32 Å². The van der Waals surface area contributed by atoms with Gasteiger partial charge in [0.25, 0.3) is 0 Å². The van der Waals surface area contributed by atoms with Crippen molar-refractivity contribution >= 4 is 41.0 Å². The van der Waals surface area contributed by atoms with Crippen LogP contribution >= 0.6 is 23.2 Å². The van der Waals surface area contributed by atoms with Gasteiger partial charge in [0.1, 0.15) is 18.0 Å². The number of carbonyl (C=O) groups excluding carboxylic acids is 3. The number of piperazine rings is 1. The summed E-state index contributed by atoms with van der Waals surface area (Å²) in [7, 11) is 1.67. The van der Waals surface area contributed by atoms with E-state index in [-0.39, 0.29) is 49.7 Å². The first kappa shape index (κ1) is 27.2. The van der Waals surface area contributed by atoms with Crippen LogP contribution in [0.3, 0.4) is 0 Å². The van der Waals surface area contributed by atoms with Crippen LogP contribution in [0.15, 0.2) is 42.5 Å². The molecule has 1 unspecified atom stereocenters. The molecule has 2 saturated heterocycles. The predicted octanol–water partition coefficient (Wildman–Crippen LogP) is 4.12. The van der Waals surface area contributed by atoms with E-state index >= 15 is 0 Å². The summed E-state index contributed by atoms with van der Waals surface area (Å²) in [4.78, 5) is 43.6. The Morgan fingerprint density at radius 1 is 1.16 bits per heavy atom. The maximum absolute atomic E-state index is 13.7. The summed E-state index contributed by atoms with van der Waals surface area (Å²) in [6.45, 7) is 4.38.